The van der Waals surface area contributed by atoms with Gasteiger partial charge in [-0.3, -0.25) is 4.57 Å². The van der Waals surface area contributed by atoms with E-state index in [4.69, 9.17) is 0 Å². The maximum Gasteiger partial charge on any atom is 0.418 e. The number of hydrogen-bond donors (Lipinski definition) is 0. The van der Waals surface area contributed by atoms with Gasteiger partial charge in [-0.05, 0) is 24.3 Å². The quantitative estimate of drug-likeness (QED) is 0.660. The first kappa shape index (κ1) is 16.9. The first-order valence-corrected chi connectivity index (χ1v) is 6.99. The van der Waals surface area contributed by atoms with Crippen LogP contribution >= 0.6 is 0 Å². The third-order valence-corrected chi connectivity index (χ3v) is 3.60. The molecule has 0 aliphatic heterocycles. The van der Waals surface area contributed by atoms with Gasteiger partial charge in [0.25, 0.3) is 0 Å². The van der Waals surface area contributed by atoms with E-state index >= 15 is 0 Å². The third kappa shape index (κ3) is 2.81. The van der Waals surface area contributed by atoms with Crippen LogP contribution in [-0.4, -0.2) is 14.3 Å². The number of benzene rings is 2. The van der Waals surface area contributed by atoms with E-state index in [9.17, 15) is 26.7 Å². The lowest BCUT2D eigenvalue weighted by Crippen LogP contribution is -2.24. The van der Waals surface area contributed by atoms with Gasteiger partial charge in [0.2, 0.25) is 0 Å². The molecule has 0 saturated heterocycles. The van der Waals surface area contributed by atoms with E-state index < -0.39 is 46.1 Å². The predicted octanol–water partition coefficient (Wildman–Crippen LogP) is 3.54. The zero-order valence-corrected chi connectivity index (χ0v) is 12.7. The summed E-state index contributed by atoms with van der Waals surface area (Å²) in [5.41, 5.74) is -3.17. The molecule has 1 heterocycles. The molecule has 9 heteroatoms. The molecule has 0 unspecified atom stereocenters. The molecule has 4 nitrogen and oxygen atoms in total. The second kappa shape index (κ2) is 5.83. The van der Waals surface area contributed by atoms with Gasteiger partial charge >= 0.3 is 11.9 Å². The molecule has 0 fully saturated rings. The summed E-state index contributed by atoms with van der Waals surface area (Å²) < 4.78 is 68.6. The summed E-state index contributed by atoms with van der Waals surface area (Å²) in [5.74, 6) is -2.38. The van der Waals surface area contributed by atoms with Crippen LogP contribution in [0.25, 0.3) is 17.1 Å². The highest BCUT2D eigenvalue weighted by Gasteiger charge is 2.35. The van der Waals surface area contributed by atoms with Crippen LogP contribution in [0, 0.1) is 11.6 Å². The molecule has 1 aromatic heterocycles. The Morgan fingerprint density at radius 3 is 2.16 bits per heavy atom. The van der Waals surface area contributed by atoms with Crippen molar-refractivity contribution in [1.82, 2.24) is 14.3 Å². The molecule has 0 bridgehead atoms. The van der Waals surface area contributed by atoms with Gasteiger partial charge in [-0.2, -0.15) is 17.9 Å². The highest BCUT2D eigenvalue weighted by molar-refractivity contribution is 5.57. The van der Waals surface area contributed by atoms with Gasteiger partial charge in [0.05, 0.1) is 16.8 Å². The van der Waals surface area contributed by atoms with Crippen molar-refractivity contribution in [1.29, 1.82) is 0 Å². The first-order valence-electron chi connectivity index (χ1n) is 6.99. The molecule has 0 spiro atoms. The van der Waals surface area contributed by atoms with Gasteiger partial charge in [-0.1, -0.05) is 18.2 Å². The fourth-order valence-corrected chi connectivity index (χ4v) is 2.42. The van der Waals surface area contributed by atoms with E-state index in [1.165, 1.54) is 13.1 Å². The molecule has 3 aromatic rings. The van der Waals surface area contributed by atoms with Crippen LogP contribution in [0.1, 0.15) is 5.56 Å². The minimum Gasteiger partial charge on any atom is -0.278 e. The third-order valence-electron chi connectivity index (χ3n) is 3.60. The number of nitrogens with zero attached hydrogens (tertiary/aromatic N) is 3. The summed E-state index contributed by atoms with van der Waals surface area (Å²) in [6.45, 7) is 0. The molecule has 2 aromatic carbocycles. The normalized spacial score (nSPS) is 11.8. The smallest absolute Gasteiger partial charge is 0.278 e. The standard InChI is InChI=1S/C16H10F5N3O/c1-23-14(13-10(17)6-4-7-11(13)18)22-24(15(23)25)12-8-3-2-5-9(12)16(19,20)21/h2-8H,1H3. The van der Waals surface area contributed by atoms with Crippen molar-refractivity contribution < 1.29 is 22.0 Å². The summed E-state index contributed by atoms with van der Waals surface area (Å²) in [7, 11) is 1.17. The summed E-state index contributed by atoms with van der Waals surface area (Å²) in [6, 6.07) is 7.37. The molecule has 0 amide bonds. The molecule has 0 aliphatic rings. The lowest BCUT2D eigenvalue weighted by atomic mass is 10.2. The van der Waals surface area contributed by atoms with E-state index in [0.29, 0.717) is 4.68 Å². The van der Waals surface area contributed by atoms with Crippen molar-refractivity contribution in [3.63, 3.8) is 0 Å². The zero-order valence-electron chi connectivity index (χ0n) is 12.7. The molecule has 130 valence electrons. The summed E-state index contributed by atoms with van der Waals surface area (Å²) in [4.78, 5) is 12.3. The second-order valence-electron chi connectivity index (χ2n) is 5.19. The van der Waals surface area contributed by atoms with Crippen molar-refractivity contribution in [2.75, 3.05) is 0 Å². The van der Waals surface area contributed by atoms with Crippen LogP contribution in [0.3, 0.4) is 0 Å². The number of alkyl halides is 3. The molecule has 0 N–H and O–H groups in total. The Labute approximate surface area is 137 Å². The predicted molar refractivity (Wildman–Crippen MR) is 79.2 cm³/mol. The number of aromatic nitrogens is 3. The molecule has 25 heavy (non-hydrogen) atoms. The number of rotatable bonds is 2. The van der Waals surface area contributed by atoms with E-state index in [1.54, 1.807) is 0 Å². The van der Waals surface area contributed by atoms with Gasteiger partial charge in [-0.25, -0.2) is 13.6 Å². The van der Waals surface area contributed by atoms with Crippen molar-refractivity contribution in [2.45, 2.75) is 6.18 Å². The zero-order chi connectivity index (χ0) is 18.4. The monoisotopic (exact) mass is 355 g/mol. The Kier molecular flexibility index (Phi) is 3.94. The number of halogens is 5. The second-order valence-corrected chi connectivity index (χ2v) is 5.19. The van der Waals surface area contributed by atoms with E-state index in [2.05, 4.69) is 5.10 Å². The average Bonchev–Trinajstić information content (AvgIpc) is 2.83. The Balaban J connectivity index is 2.29. The molecule has 0 atom stereocenters. The topological polar surface area (TPSA) is 39.8 Å². The van der Waals surface area contributed by atoms with Gasteiger partial charge in [0, 0.05) is 7.05 Å². The van der Waals surface area contributed by atoms with Crippen LogP contribution in [0.5, 0.6) is 0 Å². The van der Waals surface area contributed by atoms with Crippen molar-refractivity contribution in [3.8, 4) is 17.1 Å². The van der Waals surface area contributed by atoms with Crippen molar-refractivity contribution >= 4 is 0 Å². The van der Waals surface area contributed by atoms with Crippen LogP contribution in [0.4, 0.5) is 22.0 Å². The molecular formula is C16H10F5N3O. The molecule has 0 aliphatic carbocycles. The fraction of sp³-hybridized carbons (Fsp3) is 0.125. The Hall–Kier alpha value is -2.97. The lowest BCUT2D eigenvalue weighted by molar-refractivity contribution is -0.137. The molecule has 0 saturated carbocycles. The number of hydrogen-bond acceptors (Lipinski definition) is 2. The Bertz CT molecular complexity index is 983. The summed E-state index contributed by atoms with van der Waals surface area (Å²) in [6.07, 6.45) is -4.73. The largest absolute Gasteiger partial charge is 0.418 e. The highest BCUT2D eigenvalue weighted by Crippen LogP contribution is 2.33. The van der Waals surface area contributed by atoms with E-state index in [-0.39, 0.29) is 0 Å². The van der Waals surface area contributed by atoms with Crippen LogP contribution in [-0.2, 0) is 13.2 Å². The molecule has 3 rings (SSSR count). The fourth-order valence-electron chi connectivity index (χ4n) is 2.42. The van der Waals surface area contributed by atoms with Gasteiger partial charge < -0.3 is 0 Å². The van der Waals surface area contributed by atoms with Crippen molar-refractivity contribution in [3.05, 3.63) is 70.1 Å². The van der Waals surface area contributed by atoms with Gasteiger partial charge in [0.1, 0.15) is 11.6 Å². The Morgan fingerprint density at radius 2 is 1.56 bits per heavy atom. The van der Waals surface area contributed by atoms with Crippen molar-refractivity contribution in [2.24, 2.45) is 7.05 Å². The molecule has 0 radical (unpaired) electrons. The SMILES string of the molecule is Cn1c(-c2c(F)cccc2F)nn(-c2ccccc2C(F)(F)F)c1=O. The van der Waals surface area contributed by atoms with E-state index in [1.807, 2.05) is 0 Å². The minimum absolute atomic E-state index is 0.419. The Morgan fingerprint density at radius 1 is 0.960 bits per heavy atom. The lowest BCUT2D eigenvalue weighted by Gasteiger charge is -2.11. The van der Waals surface area contributed by atoms with Crippen LogP contribution < -0.4 is 5.69 Å². The van der Waals surface area contributed by atoms with Gasteiger partial charge in [-0.15, -0.1) is 5.10 Å². The summed E-state index contributed by atoms with van der Waals surface area (Å²) in [5, 5.41) is 3.73. The van der Waals surface area contributed by atoms with Crippen LogP contribution in [0.15, 0.2) is 47.3 Å². The molecular weight excluding hydrogens is 345 g/mol. The maximum absolute atomic E-state index is 13.9. The van der Waals surface area contributed by atoms with Crippen LogP contribution in [0.2, 0.25) is 0 Å². The first-order chi connectivity index (χ1) is 11.7. The minimum atomic E-state index is -4.73. The highest BCUT2D eigenvalue weighted by atomic mass is 19.4. The van der Waals surface area contributed by atoms with Gasteiger partial charge in [0.15, 0.2) is 5.82 Å². The average molecular weight is 355 g/mol. The number of para-hydroxylation sites is 1. The van der Waals surface area contributed by atoms with E-state index in [0.717, 1.165) is 41.0 Å². The summed E-state index contributed by atoms with van der Waals surface area (Å²) >= 11 is 0. The maximum atomic E-state index is 13.9.